The first-order valence-electron chi connectivity index (χ1n) is 47.2. The monoisotopic (exact) mass is 1450 g/mol. The number of rotatable bonds is 2. The van der Waals surface area contributed by atoms with Crippen molar-refractivity contribution in [3.8, 4) is 6.07 Å². The van der Waals surface area contributed by atoms with Gasteiger partial charge in [0, 0.05) is 24.8 Å². The van der Waals surface area contributed by atoms with Gasteiger partial charge in [-0.1, -0.05) is 143 Å². The lowest BCUT2D eigenvalue weighted by Gasteiger charge is -2.41. The summed E-state index contributed by atoms with van der Waals surface area (Å²) in [6.45, 7) is 45.6. The number of hydrogen-bond donors (Lipinski definition) is 1. The van der Waals surface area contributed by atoms with Gasteiger partial charge in [0.2, 0.25) is 0 Å². The molecule has 4 nitrogen and oxygen atoms in total. The van der Waals surface area contributed by atoms with Crippen molar-refractivity contribution >= 4 is 17.6 Å². The molecule has 23 aliphatic rings. The van der Waals surface area contributed by atoms with Gasteiger partial charge in [0.15, 0.2) is 0 Å². The number of fused-ring (bicyclic) bond motifs is 34. The zero-order chi connectivity index (χ0) is 73.7. The van der Waals surface area contributed by atoms with Crippen LogP contribution in [0.4, 0.5) is 0 Å². The molecular weight excluding hydrogens is 1290 g/mol. The maximum atomic E-state index is 10.8. The summed E-state index contributed by atoms with van der Waals surface area (Å²) >= 11 is 6.17. The fourth-order valence-corrected chi connectivity index (χ4v) is 35.7. The highest BCUT2D eigenvalue weighted by molar-refractivity contribution is 6.21. The molecule has 1 N–H and O–H groups in total. The number of nitriles is 1. The molecule has 0 aliphatic heterocycles. The summed E-state index contributed by atoms with van der Waals surface area (Å²) < 4.78 is 5.32. The van der Waals surface area contributed by atoms with Crippen LogP contribution >= 0.6 is 11.6 Å². The van der Waals surface area contributed by atoms with Crippen LogP contribution in [0.25, 0.3) is 0 Å². The van der Waals surface area contributed by atoms with Gasteiger partial charge in [-0.3, -0.25) is 4.79 Å². The molecule has 23 rings (SSSR count). The molecule has 5 heteroatoms. The number of halogens is 1. The van der Waals surface area contributed by atoms with Crippen molar-refractivity contribution in [3.63, 3.8) is 0 Å². The number of carbonyl (C=O) groups excluding carboxylic acids is 1. The molecular formula is C99H162ClNO3. The topological polar surface area (TPSA) is 70.3 Å². The van der Waals surface area contributed by atoms with E-state index in [2.05, 4.69) is 143 Å². The Morgan fingerprint density at radius 3 is 1.25 bits per heavy atom. The van der Waals surface area contributed by atoms with Crippen LogP contribution in [-0.2, 0) is 9.53 Å². The van der Waals surface area contributed by atoms with Crippen LogP contribution in [-0.4, -0.2) is 29.2 Å². The number of nitrogens with zero attached hydrogens (tertiary/aromatic N) is 1. The van der Waals surface area contributed by atoms with E-state index >= 15 is 0 Å². The van der Waals surface area contributed by atoms with E-state index in [4.69, 9.17) is 26.7 Å². The average Bonchev–Trinajstić information content (AvgIpc) is 1.55. The maximum absolute atomic E-state index is 10.8. The van der Waals surface area contributed by atoms with Crippen LogP contribution in [0.3, 0.4) is 0 Å². The Labute approximate surface area is 645 Å². The van der Waals surface area contributed by atoms with Crippen molar-refractivity contribution in [2.24, 2.45) is 284 Å². The highest BCUT2D eigenvalue weighted by Crippen LogP contribution is 2.71. The van der Waals surface area contributed by atoms with E-state index in [0.717, 1.165) is 237 Å². The molecule has 104 heavy (non-hydrogen) atoms. The SMILES string of the molecule is CC(=O)OC1CC2CC1C(C)C2C.CC1C(C)C2CC1C1C3CCC(C3)C21.CC1C(C)C2CC1C1C=CCC12.CC1C(C)C2CC1C1CCCC21.CC1C2CC(C#N)C(C2)C1C.CC1C2CC(CO)C(C2)C1C.CC1C2CC(Cl)C(C2)C1C.CC1C2CCC(C2)C1C.CC1CC2C3CCC(C3)C2C1C. The number of hydrogen-bond acceptors (Lipinski definition) is 4. The van der Waals surface area contributed by atoms with Gasteiger partial charge in [0.05, 0.1) is 6.07 Å². The Morgan fingerprint density at radius 1 is 0.365 bits per heavy atom. The van der Waals surface area contributed by atoms with Gasteiger partial charge >= 0.3 is 5.97 Å². The highest BCUT2D eigenvalue weighted by atomic mass is 35.5. The number of carbonyl (C=O) groups is 1. The fraction of sp³-hybridized carbons (Fsp3) is 0.960. The minimum absolute atomic E-state index is 0.114. The second-order valence-electron chi connectivity index (χ2n) is 45.0. The van der Waals surface area contributed by atoms with E-state index in [1.54, 1.807) is 89.9 Å². The van der Waals surface area contributed by atoms with E-state index in [-0.39, 0.29) is 12.1 Å². The summed E-state index contributed by atoms with van der Waals surface area (Å²) in [4.78, 5) is 10.8. The van der Waals surface area contributed by atoms with Crippen LogP contribution in [0.2, 0.25) is 0 Å². The zero-order valence-electron chi connectivity index (χ0n) is 70.5. The van der Waals surface area contributed by atoms with Gasteiger partial charge in [0.25, 0.3) is 0 Å². The van der Waals surface area contributed by atoms with Crippen molar-refractivity contribution in [3.05, 3.63) is 12.2 Å². The van der Waals surface area contributed by atoms with Crippen LogP contribution < -0.4 is 0 Å². The second-order valence-corrected chi connectivity index (χ2v) is 45.6. The van der Waals surface area contributed by atoms with Crippen LogP contribution in [0, 0.1) is 295 Å². The Morgan fingerprint density at radius 2 is 0.779 bits per heavy atom. The average molecular weight is 1450 g/mol. The number of allylic oxidation sites excluding steroid dienone is 2. The first-order chi connectivity index (χ1) is 49.7. The third-order valence-corrected chi connectivity index (χ3v) is 43.2. The van der Waals surface area contributed by atoms with E-state index < -0.39 is 0 Å². The number of esters is 1. The molecule has 0 aromatic rings. The molecule has 0 amide bonds. The number of ether oxygens (including phenoxy) is 1. The van der Waals surface area contributed by atoms with E-state index in [1.165, 1.54) is 107 Å². The molecule has 0 radical (unpaired) electrons. The maximum Gasteiger partial charge on any atom is 0.302 e. The van der Waals surface area contributed by atoms with Gasteiger partial charge in [0.1, 0.15) is 6.10 Å². The molecule has 0 aromatic heterocycles. The van der Waals surface area contributed by atoms with Gasteiger partial charge in [-0.05, 0) is 432 Å². The van der Waals surface area contributed by atoms with Crippen molar-refractivity contribution in [1.82, 2.24) is 0 Å². The van der Waals surface area contributed by atoms with E-state index in [9.17, 15) is 4.79 Å². The molecule has 588 valence electrons. The molecule has 0 heterocycles. The predicted molar refractivity (Wildman–Crippen MR) is 432 cm³/mol. The quantitative estimate of drug-likeness (QED) is 0.129. The minimum atomic E-state index is -0.114. The lowest BCUT2D eigenvalue weighted by molar-refractivity contribution is -0.150. The van der Waals surface area contributed by atoms with E-state index in [1.807, 2.05) is 0 Å². The standard InChI is InChI=1S/C14H22.2C12H20.C12H18.C11H18O2.C10H15N.C10H18O.C9H15Cl.C9H16/c1-7-8(2)12-6-11(7)13-9-3-4-10(5-9)14(12)13;1-7-5-11-9-3-4-10(6-9)12(11)8(7)2;2*1-7-8(2)12-6-11(7)9-4-3-5-10(9)12;1-6-7(2)10-4-9(6)5-11(10)13-8(3)12;2*1-6-7(2)10-4-8(6)3-9(10)5-11;1-5-6(2)8-3-7(5)4-9(8)10;1-6-7(2)9-4-3-8(6)5-9/h7-14H,3-6H2,1-2H3;2*7-12H,3-6H2,1-2H3;3-4,7-12H,5-6H2,1-2H3;6-7,9-11H,4-5H2,1-3H3;6-10H,3-4H2,1-2H3;6-11H,3-5H2,1-2H3;5-9H,3-4H2,1-2H3;6-9H,3-5H2,1-2H3. The third kappa shape index (κ3) is 13.8. The third-order valence-electron chi connectivity index (χ3n) is 42.7. The summed E-state index contributed by atoms with van der Waals surface area (Å²) in [6, 6.07) is 2.45. The minimum Gasteiger partial charge on any atom is -0.462 e. The molecule has 0 spiro atoms. The number of alkyl halides is 1. The van der Waals surface area contributed by atoms with Gasteiger partial charge in [-0.15, -0.1) is 11.6 Å². The predicted octanol–water partition coefficient (Wildman–Crippen LogP) is 25.5. The van der Waals surface area contributed by atoms with Crippen molar-refractivity contribution < 1.29 is 14.6 Å². The Kier molecular flexibility index (Phi) is 23.6. The van der Waals surface area contributed by atoms with Crippen LogP contribution in [0.1, 0.15) is 292 Å². The second kappa shape index (κ2) is 31.4. The van der Waals surface area contributed by atoms with E-state index in [0.29, 0.717) is 29.7 Å². The summed E-state index contributed by atoms with van der Waals surface area (Å²) in [5.74, 6) is 47.5. The summed E-state index contributed by atoms with van der Waals surface area (Å²) in [7, 11) is 0. The molecule has 0 aromatic carbocycles. The smallest absolute Gasteiger partial charge is 0.302 e. The van der Waals surface area contributed by atoms with Crippen LogP contribution in [0.5, 0.6) is 0 Å². The summed E-state index contributed by atoms with van der Waals surface area (Å²) in [6.07, 6.45) is 42.1. The fourth-order valence-electron chi connectivity index (χ4n) is 35.1. The van der Waals surface area contributed by atoms with Crippen molar-refractivity contribution in [1.29, 1.82) is 5.26 Å². The summed E-state index contributed by atoms with van der Waals surface area (Å²) in [5.41, 5.74) is 0. The first kappa shape index (κ1) is 78.2. The normalized spacial score (nSPS) is 59.0. The molecule has 23 aliphatic carbocycles. The zero-order valence-corrected chi connectivity index (χ0v) is 71.3. The lowest BCUT2D eigenvalue weighted by atomic mass is 9.64. The Hall–Kier alpha value is -1.05. The van der Waals surface area contributed by atoms with Gasteiger partial charge in [-0.2, -0.15) is 5.26 Å². The van der Waals surface area contributed by atoms with Gasteiger partial charge < -0.3 is 9.84 Å². The first-order valence-corrected chi connectivity index (χ1v) is 47.6. The van der Waals surface area contributed by atoms with Crippen LogP contribution in [0.15, 0.2) is 12.2 Å². The number of aliphatic hydroxyl groups is 1. The van der Waals surface area contributed by atoms with Crippen molar-refractivity contribution in [2.75, 3.05) is 6.61 Å². The lowest BCUT2D eigenvalue weighted by Crippen LogP contribution is -2.35. The van der Waals surface area contributed by atoms with Gasteiger partial charge in [-0.25, -0.2) is 0 Å². The molecule has 50 atom stereocenters. The molecule has 50 unspecified atom stereocenters. The molecule has 0 saturated heterocycles. The van der Waals surface area contributed by atoms with Crippen molar-refractivity contribution in [2.45, 2.75) is 304 Å². The molecule has 22 fully saturated rings. The Bertz CT molecular complexity index is 2880. The molecule has 22 saturated carbocycles. The highest BCUT2D eigenvalue weighted by Gasteiger charge is 2.64. The molecule has 20 bridgehead atoms. The number of aliphatic hydroxyl groups excluding tert-OH is 1. The Balaban J connectivity index is 0.0000000944. The summed E-state index contributed by atoms with van der Waals surface area (Å²) in [5, 5.41) is 18.4. The largest absolute Gasteiger partial charge is 0.462 e.